The van der Waals surface area contributed by atoms with Gasteiger partial charge in [0.2, 0.25) is 11.1 Å². The first-order valence-electron chi connectivity index (χ1n) is 10.3. The van der Waals surface area contributed by atoms with Crippen molar-refractivity contribution >= 4 is 57.9 Å². The van der Waals surface area contributed by atoms with Gasteiger partial charge in [0, 0.05) is 16.0 Å². The average Bonchev–Trinajstić information content (AvgIpc) is 3.42. The van der Waals surface area contributed by atoms with Crippen LogP contribution in [0.4, 0.5) is 11.1 Å². The number of rotatable bonds is 10. The quantitative estimate of drug-likeness (QED) is 0.121. The molecule has 0 unspecified atom stereocenters. The SMILES string of the molecule is Cc1csc(NC(=O)CSc2nnc(N/N=C/c3ccccc3OCc3ccc(Cl)cc3)n2N)n1. The highest BCUT2D eigenvalue weighted by molar-refractivity contribution is 7.99. The van der Waals surface area contributed by atoms with E-state index in [2.05, 4.69) is 31.0 Å². The Labute approximate surface area is 214 Å². The van der Waals surface area contributed by atoms with Gasteiger partial charge in [0.05, 0.1) is 17.7 Å². The summed E-state index contributed by atoms with van der Waals surface area (Å²) in [5.41, 5.74) is 5.37. The number of nitrogens with one attached hydrogen (secondary N) is 2. The monoisotopic (exact) mass is 528 g/mol. The van der Waals surface area contributed by atoms with Crippen molar-refractivity contribution in [2.45, 2.75) is 18.7 Å². The van der Waals surface area contributed by atoms with E-state index in [4.69, 9.17) is 22.2 Å². The first-order chi connectivity index (χ1) is 17.0. The van der Waals surface area contributed by atoms with Crippen LogP contribution >= 0.6 is 34.7 Å². The summed E-state index contributed by atoms with van der Waals surface area (Å²) in [6.07, 6.45) is 1.60. The van der Waals surface area contributed by atoms with Crippen LogP contribution in [0.15, 0.2) is 64.2 Å². The summed E-state index contributed by atoms with van der Waals surface area (Å²) < 4.78 is 7.15. The molecule has 0 aliphatic heterocycles. The lowest BCUT2D eigenvalue weighted by atomic mass is 10.2. The van der Waals surface area contributed by atoms with Gasteiger partial charge in [-0.15, -0.1) is 21.5 Å². The Morgan fingerprint density at radius 2 is 2.06 bits per heavy atom. The van der Waals surface area contributed by atoms with E-state index in [1.165, 1.54) is 16.0 Å². The maximum atomic E-state index is 12.1. The number of benzene rings is 2. The van der Waals surface area contributed by atoms with E-state index >= 15 is 0 Å². The third kappa shape index (κ3) is 6.94. The molecule has 4 rings (SSSR count). The number of aryl methyl sites for hydroxylation is 1. The number of hydrogen-bond acceptors (Lipinski definition) is 10. The Kier molecular flexibility index (Phi) is 8.19. The number of nitrogens with two attached hydrogens (primary N) is 1. The van der Waals surface area contributed by atoms with Gasteiger partial charge in [0.15, 0.2) is 5.13 Å². The number of nitrogens with zero attached hydrogens (tertiary/aromatic N) is 5. The van der Waals surface area contributed by atoms with Gasteiger partial charge in [-0.2, -0.15) is 5.10 Å². The molecule has 2 heterocycles. The molecule has 1 amide bonds. The van der Waals surface area contributed by atoms with Crippen LogP contribution in [0, 0.1) is 6.92 Å². The second kappa shape index (κ2) is 11.7. The summed E-state index contributed by atoms with van der Waals surface area (Å²) in [7, 11) is 0. The van der Waals surface area contributed by atoms with Crippen LogP contribution in [0.2, 0.25) is 5.02 Å². The zero-order chi connectivity index (χ0) is 24.6. The Bertz CT molecular complexity index is 1320. The molecular formula is C22H21ClN8O2S2. The van der Waals surface area contributed by atoms with Crippen LogP contribution in [0.5, 0.6) is 5.75 Å². The van der Waals surface area contributed by atoms with Crippen molar-refractivity contribution in [3.63, 3.8) is 0 Å². The van der Waals surface area contributed by atoms with Gasteiger partial charge in [-0.3, -0.25) is 4.79 Å². The van der Waals surface area contributed by atoms with Crippen molar-refractivity contribution in [1.82, 2.24) is 19.9 Å². The Morgan fingerprint density at radius 1 is 1.26 bits per heavy atom. The molecule has 4 aromatic rings. The highest BCUT2D eigenvalue weighted by Crippen LogP contribution is 2.20. The fourth-order valence-corrected chi connectivity index (χ4v) is 4.26. The van der Waals surface area contributed by atoms with Crippen LogP contribution in [-0.2, 0) is 11.4 Å². The lowest BCUT2D eigenvalue weighted by Gasteiger charge is -2.09. The van der Waals surface area contributed by atoms with Crippen molar-refractivity contribution in [2.75, 3.05) is 22.3 Å². The zero-order valence-corrected chi connectivity index (χ0v) is 20.9. The highest BCUT2D eigenvalue weighted by Gasteiger charge is 2.13. The molecule has 0 fully saturated rings. The molecule has 4 N–H and O–H groups in total. The number of hydrogen-bond donors (Lipinski definition) is 3. The molecule has 35 heavy (non-hydrogen) atoms. The van der Waals surface area contributed by atoms with Crippen LogP contribution < -0.4 is 21.3 Å². The zero-order valence-electron chi connectivity index (χ0n) is 18.5. The van der Waals surface area contributed by atoms with Crippen molar-refractivity contribution in [1.29, 1.82) is 0 Å². The fourth-order valence-electron chi connectivity index (χ4n) is 2.77. The van der Waals surface area contributed by atoms with E-state index < -0.39 is 0 Å². The van der Waals surface area contributed by atoms with Crippen LogP contribution in [-0.4, -0.2) is 37.7 Å². The average molecular weight is 529 g/mol. The minimum atomic E-state index is -0.213. The normalized spacial score (nSPS) is 11.0. The highest BCUT2D eigenvalue weighted by atomic mass is 35.5. The number of nitrogen functional groups attached to an aromatic ring is 1. The smallest absolute Gasteiger partial charge is 0.264 e. The number of para-hydroxylation sites is 1. The third-order valence-electron chi connectivity index (χ3n) is 4.46. The predicted molar refractivity (Wildman–Crippen MR) is 140 cm³/mol. The number of thiazole rings is 1. The minimum Gasteiger partial charge on any atom is -0.488 e. The van der Waals surface area contributed by atoms with Crippen molar-refractivity contribution in [3.8, 4) is 5.75 Å². The van der Waals surface area contributed by atoms with E-state index in [1.807, 2.05) is 60.8 Å². The molecule has 0 saturated carbocycles. The number of aromatic nitrogens is 4. The first kappa shape index (κ1) is 24.5. The number of carbonyl (C=O) groups excluding carboxylic acids is 1. The summed E-state index contributed by atoms with van der Waals surface area (Å²) in [6.45, 7) is 2.25. The van der Waals surface area contributed by atoms with Crippen molar-refractivity contribution < 1.29 is 9.53 Å². The van der Waals surface area contributed by atoms with Gasteiger partial charge >= 0.3 is 0 Å². The lowest BCUT2D eigenvalue weighted by molar-refractivity contribution is -0.113. The summed E-state index contributed by atoms with van der Waals surface area (Å²) in [5.74, 6) is 6.82. The number of anilines is 2. The molecule has 0 aliphatic carbocycles. The molecule has 10 nitrogen and oxygen atoms in total. The van der Waals surface area contributed by atoms with Crippen LogP contribution in [0.1, 0.15) is 16.8 Å². The number of carbonyl (C=O) groups is 1. The van der Waals surface area contributed by atoms with Gasteiger partial charge in [0.1, 0.15) is 12.4 Å². The number of hydrazone groups is 1. The maximum absolute atomic E-state index is 12.1. The molecule has 0 atom stereocenters. The predicted octanol–water partition coefficient (Wildman–Crippen LogP) is 4.17. The van der Waals surface area contributed by atoms with E-state index in [-0.39, 0.29) is 17.6 Å². The van der Waals surface area contributed by atoms with Gasteiger partial charge in [-0.25, -0.2) is 15.1 Å². The Morgan fingerprint density at radius 3 is 2.83 bits per heavy atom. The van der Waals surface area contributed by atoms with Crippen LogP contribution in [0.25, 0.3) is 0 Å². The fraction of sp³-hybridized carbons (Fsp3) is 0.136. The lowest BCUT2D eigenvalue weighted by Crippen LogP contribution is -2.16. The molecule has 0 spiro atoms. The Hall–Kier alpha value is -3.61. The minimum absolute atomic E-state index is 0.107. The van der Waals surface area contributed by atoms with Gasteiger partial charge in [-0.1, -0.05) is 47.6 Å². The molecule has 0 bridgehead atoms. The number of halogens is 1. The molecule has 2 aromatic heterocycles. The van der Waals surface area contributed by atoms with E-state index in [1.54, 1.807) is 6.21 Å². The largest absolute Gasteiger partial charge is 0.488 e. The summed E-state index contributed by atoms with van der Waals surface area (Å²) in [5, 5.41) is 18.4. The van der Waals surface area contributed by atoms with Crippen molar-refractivity contribution in [3.05, 3.63) is 75.8 Å². The summed E-state index contributed by atoms with van der Waals surface area (Å²) >= 11 is 8.45. The molecular weight excluding hydrogens is 508 g/mol. The van der Waals surface area contributed by atoms with E-state index in [0.29, 0.717) is 27.7 Å². The maximum Gasteiger partial charge on any atom is 0.264 e. The number of thioether (sulfide) groups is 1. The second-order valence-corrected chi connectivity index (χ2v) is 9.37. The summed E-state index contributed by atoms with van der Waals surface area (Å²) in [6, 6.07) is 15.0. The van der Waals surface area contributed by atoms with E-state index in [0.717, 1.165) is 28.6 Å². The third-order valence-corrected chi connectivity index (χ3v) is 6.53. The topological polar surface area (TPSA) is 132 Å². The molecule has 13 heteroatoms. The summed E-state index contributed by atoms with van der Waals surface area (Å²) in [4.78, 5) is 16.3. The molecule has 0 aliphatic rings. The molecule has 180 valence electrons. The number of amides is 1. The van der Waals surface area contributed by atoms with E-state index in [9.17, 15) is 4.79 Å². The standard InChI is InChI=1S/C22H21ClN8O2S2/c1-14-12-34-21(26-14)27-19(32)13-35-22-30-29-20(31(22)24)28-25-10-16-4-2-3-5-18(16)33-11-15-6-8-17(23)9-7-15/h2-10,12H,11,13,24H2,1H3,(H,28,29)(H,26,27,32)/b25-10+. The van der Waals surface area contributed by atoms with Crippen molar-refractivity contribution in [2.24, 2.45) is 5.10 Å². The van der Waals surface area contributed by atoms with Crippen LogP contribution in [0.3, 0.4) is 0 Å². The molecule has 0 radical (unpaired) electrons. The van der Waals surface area contributed by atoms with Gasteiger partial charge in [0.25, 0.3) is 5.95 Å². The van der Waals surface area contributed by atoms with Gasteiger partial charge < -0.3 is 15.9 Å². The van der Waals surface area contributed by atoms with Gasteiger partial charge in [-0.05, 0) is 36.8 Å². The number of ether oxygens (including phenoxy) is 1. The first-order valence-corrected chi connectivity index (χ1v) is 12.5. The molecule has 0 saturated heterocycles. The molecule has 2 aromatic carbocycles. The second-order valence-electron chi connectivity index (χ2n) is 7.13. The Balaban J connectivity index is 1.31.